The number of unbranched alkanes of at least 4 members (excludes halogenated alkanes) is 1. The lowest BCUT2D eigenvalue weighted by molar-refractivity contribution is 0.386. The fourth-order valence-corrected chi connectivity index (χ4v) is 2.31. The molecule has 6 heteroatoms. The normalized spacial score (nSPS) is 10.9. The van der Waals surface area contributed by atoms with Gasteiger partial charge in [-0.15, -0.1) is 0 Å². The molecule has 0 amide bonds. The van der Waals surface area contributed by atoms with Gasteiger partial charge in [0.2, 0.25) is 5.89 Å². The van der Waals surface area contributed by atoms with Gasteiger partial charge in [-0.25, -0.2) is 0 Å². The number of aromatic amines is 1. The predicted octanol–water partition coefficient (Wildman–Crippen LogP) is 2.42. The Bertz CT molecular complexity index is 426. The van der Waals surface area contributed by atoms with Crippen LogP contribution in [0.4, 0.5) is 0 Å². The van der Waals surface area contributed by atoms with Crippen LogP contribution in [0.1, 0.15) is 37.0 Å². The van der Waals surface area contributed by atoms with Crippen LogP contribution in [0, 0.1) is 0 Å². The number of nitrogens with zero attached hydrogens (tertiary/aromatic N) is 3. The molecule has 0 atom stereocenters. The van der Waals surface area contributed by atoms with Crippen molar-refractivity contribution >= 4 is 11.8 Å². The van der Waals surface area contributed by atoms with Gasteiger partial charge in [0.25, 0.3) is 0 Å². The van der Waals surface area contributed by atoms with Crippen LogP contribution < -0.4 is 0 Å². The first-order chi connectivity index (χ1) is 8.38. The summed E-state index contributed by atoms with van der Waals surface area (Å²) in [4.78, 5) is 4.34. The zero-order valence-electron chi connectivity index (χ0n) is 9.85. The summed E-state index contributed by atoms with van der Waals surface area (Å²) in [5, 5.41) is 10.6. The molecule has 2 heterocycles. The van der Waals surface area contributed by atoms with Gasteiger partial charge in [0.05, 0.1) is 11.9 Å². The van der Waals surface area contributed by atoms with E-state index in [1.165, 1.54) is 12.8 Å². The number of thioether (sulfide) groups is 1. The molecule has 17 heavy (non-hydrogen) atoms. The van der Waals surface area contributed by atoms with E-state index in [9.17, 15) is 0 Å². The lowest BCUT2D eigenvalue weighted by Crippen LogP contribution is -1.89. The van der Waals surface area contributed by atoms with Gasteiger partial charge in [0.15, 0.2) is 5.82 Å². The van der Waals surface area contributed by atoms with Gasteiger partial charge in [0, 0.05) is 12.6 Å². The molecule has 0 saturated heterocycles. The van der Waals surface area contributed by atoms with Crippen molar-refractivity contribution in [3.8, 4) is 0 Å². The van der Waals surface area contributed by atoms with Crippen LogP contribution in [0.25, 0.3) is 0 Å². The summed E-state index contributed by atoms with van der Waals surface area (Å²) < 4.78 is 5.18. The van der Waals surface area contributed by atoms with Crippen LogP contribution in [-0.2, 0) is 12.2 Å². The van der Waals surface area contributed by atoms with E-state index >= 15 is 0 Å². The van der Waals surface area contributed by atoms with E-state index in [0.29, 0.717) is 12.3 Å². The van der Waals surface area contributed by atoms with E-state index in [-0.39, 0.29) is 0 Å². The molecule has 2 rings (SSSR count). The minimum absolute atomic E-state index is 0.666. The third-order valence-electron chi connectivity index (χ3n) is 2.30. The van der Waals surface area contributed by atoms with Crippen LogP contribution >= 0.6 is 11.8 Å². The number of H-pyrrole nitrogens is 1. The van der Waals surface area contributed by atoms with Gasteiger partial charge in [0.1, 0.15) is 0 Å². The number of hydrogen-bond donors (Lipinski definition) is 1. The summed E-state index contributed by atoms with van der Waals surface area (Å²) in [6, 6.07) is 0. The average Bonchev–Trinajstić information content (AvgIpc) is 2.97. The lowest BCUT2D eigenvalue weighted by atomic mass is 10.2. The second-order valence-electron chi connectivity index (χ2n) is 3.79. The van der Waals surface area contributed by atoms with E-state index in [1.807, 2.05) is 18.0 Å². The van der Waals surface area contributed by atoms with E-state index in [0.717, 1.165) is 22.9 Å². The van der Waals surface area contributed by atoms with Crippen molar-refractivity contribution in [3.05, 3.63) is 29.7 Å². The maximum absolute atomic E-state index is 5.18. The molecular weight excluding hydrogens is 236 g/mol. The van der Waals surface area contributed by atoms with Crippen molar-refractivity contribution < 1.29 is 4.52 Å². The molecule has 5 nitrogen and oxygen atoms in total. The standard InChI is InChI=1S/C11H16N4OS/c1-2-3-4-17-8-11-14-10(15-16-11)5-9-6-12-13-7-9/h6-7H,2-5,8H2,1H3,(H,12,13). The molecule has 92 valence electrons. The molecule has 0 bridgehead atoms. The highest BCUT2D eigenvalue weighted by Crippen LogP contribution is 2.13. The molecule has 0 aliphatic rings. The Morgan fingerprint density at radius 1 is 1.47 bits per heavy atom. The Balaban J connectivity index is 1.79. The molecule has 0 radical (unpaired) electrons. The summed E-state index contributed by atoms with van der Waals surface area (Å²) in [5.41, 5.74) is 1.07. The quantitative estimate of drug-likeness (QED) is 0.766. The largest absolute Gasteiger partial charge is 0.338 e. The first-order valence-corrected chi connectivity index (χ1v) is 6.91. The minimum atomic E-state index is 0.666. The van der Waals surface area contributed by atoms with Crippen LogP contribution in [0.5, 0.6) is 0 Å². The summed E-state index contributed by atoms with van der Waals surface area (Å²) >= 11 is 1.84. The van der Waals surface area contributed by atoms with Crippen molar-refractivity contribution in [2.75, 3.05) is 5.75 Å². The maximum atomic E-state index is 5.18. The minimum Gasteiger partial charge on any atom is -0.338 e. The van der Waals surface area contributed by atoms with Crippen LogP contribution in [0.3, 0.4) is 0 Å². The second-order valence-corrected chi connectivity index (χ2v) is 4.90. The van der Waals surface area contributed by atoms with E-state index in [2.05, 4.69) is 27.3 Å². The molecule has 1 N–H and O–H groups in total. The van der Waals surface area contributed by atoms with Crippen molar-refractivity contribution in [1.29, 1.82) is 0 Å². The Morgan fingerprint density at radius 3 is 3.18 bits per heavy atom. The van der Waals surface area contributed by atoms with Crippen LogP contribution in [0.15, 0.2) is 16.9 Å². The SMILES string of the molecule is CCCCSCc1nc(Cc2cn[nH]c2)no1. The zero-order chi connectivity index (χ0) is 11.9. The van der Waals surface area contributed by atoms with Crippen molar-refractivity contribution in [1.82, 2.24) is 20.3 Å². The van der Waals surface area contributed by atoms with Gasteiger partial charge in [-0.05, 0) is 17.7 Å². The van der Waals surface area contributed by atoms with Gasteiger partial charge >= 0.3 is 0 Å². The van der Waals surface area contributed by atoms with E-state index in [4.69, 9.17) is 4.52 Å². The Morgan fingerprint density at radius 2 is 2.41 bits per heavy atom. The smallest absolute Gasteiger partial charge is 0.236 e. The maximum Gasteiger partial charge on any atom is 0.236 e. The Hall–Kier alpha value is -1.30. The summed E-state index contributed by atoms with van der Waals surface area (Å²) in [5.74, 6) is 3.39. The van der Waals surface area contributed by atoms with Gasteiger partial charge < -0.3 is 4.52 Å². The van der Waals surface area contributed by atoms with E-state index in [1.54, 1.807) is 6.20 Å². The first-order valence-electron chi connectivity index (χ1n) is 5.75. The second kappa shape index (κ2) is 6.44. The molecule has 0 spiro atoms. The van der Waals surface area contributed by atoms with Gasteiger partial charge in [-0.2, -0.15) is 21.8 Å². The summed E-state index contributed by atoms with van der Waals surface area (Å²) in [7, 11) is 0. The first kappa shape index (κ1) is 12.2. The molecule has 0 aliphatic carbocycles. The highest BCUT2D eigenvalue weighted by molar-refractivity contribution is 7.98. The fourth-order valence-electron chi connectivity index (χ4n) is 1.38. The molecule has 0 fully saturated rings. The van der Waals surface area contributed by atoms with Crippen molar-refractivity contribution in [2.45, 2.75) is 31.9 Å². The van der Waals surface area contributed by atoms with Crippen LogP contribution in [-0.4, -0.2) is 26.1 Å². The zero-order valence-corrected chi connectivity index (χ0v) is 10.7. The van der Waals surface area contributed by atoms with Gasteiger partial charge in [-0.3, -0.25) is 5.10 Å². The number of rotatable bonds is 7. The number of aromatic nitrogens is 4. The molecular formula is C11H16N4OS. The topological polar surface area (TPSA) is 67.6 Å². The molecule has 2 aromatic heterocycles. The molecule has 0 unspecified atom stereocenters. The third-order valence-corrected chi connectivity index (χ3v) is 3.32. The number of hydrogen-bond acceptors (Lipinski definition) is 5. The molecule has 0 aromatic carbocycles. The van der Waals surface area contributed by atoms with Crippen molar-refractivity contribution in [3.63, 3.8) is 0 Å². The fraction of sp³-hybridized carbons (Fsp3) is 0.545. The Labute approximate surface area is 104 Å². The third kappa shape index (κ3) is 3.89. The van der Waals surface area contributed by atoms with Gasteiger partial charge in [-0.1, -0.05) is 18.5 Å². The highest BCUT2D eigenvalue weighted by Gasteiger charge is 2.07. The highest BCUT2D eigenvalue weighted by atomic mass is 32.2. The summed E-state index contributed by atoms with van der Waals surface area (Å²) in [6.45, 7) is 2.19. The molecule has 0 aliphatic heterocycles. The number of nitrogens with one attached hydrogen (secondary N) is 1. The van der Waals surface area contributed by atoms with Crippen LogP contribution in [0.2, 0.25) is 0 Å². The lowest BCUT2D eigenvalue weighted by Gasteiger charge is -1.94. The van der Waals surface area contributed by atoms with Crippen molar-refractivity contribution in [2.24, 2.45) is 0 Å². The Kier molecular flexibility index (Phi) is 4.61. The predicted molar refractivity (Wildman–Crippen MR) is 66.8 cm³/mol. The molecule has 0 saturated carbocycles. The average molecular weight is 252 g/mol. The van der Waals surface area contributed by atoms with E-state index < -0.39 is 0 Å². The molecule has 2 aromatic rings. The monoisotopic (exact) mass is 252 g/mol. The summed E-state index contributed by atoms with van der Waals surface area (Å²) in [6.07, 6.45) is 6.74.